The van der Waals surface area contributed by atoms with Gasteiger partial charge in [-0.25, -0.2) is 9.50 Å². The van der Waals surface area contributed by atoms with E-state index in [1.165, 1.54) is 41.2 Å². The molecule has 2 N–H and O–H groups in total. The number of fused-ring (bicyclic) bond motifs is 1. The molecule has 120 valence electrons. The van der Waals surface area contributed by atoms with Gasteiger partial charge in [-0.1, -0.05) is 12.1 Å². The van der Waals surface area contributed by atoms with Crippen LogP contribution in [0.15, 0.2) is 42.7 Å². The SMILES string of the molecule is OC(O)c1cnn2ccc(-c3ccccc3OC(F)(F)F)nc12. The molecule has 3 rings (SSSR count). The van der Waals surface area contributed by atoms with E-state index in [0.29, 0.717) is 0 Å². The van der Waals surface area contributed by atoms with Gasteiger partial charge in [0.05, 0.1) is 17.5 Å². The van der Waals surface area contributed by atoms with E-state index in [9.17, 15) is 23.4 Å². The van der Waals surface area contributed by atoms with Gasteiger partial charge in [-0.05, 0) is 18.2 Å². The first kappa shape index (κ1) is 15.3. The molecule has 0 radical (unpaired) electrons. The number of ether oxygens (including phenoxy) is 1. The van der Waals surface area contributed by atoms with E-state index in [4.69, 9.17) is 0 Å². The number of rotatable bonds is 3. The van der Waals surface area contributed by atoms with Gasteiger partial charge >= 0.3 is 6.36 Å². The lowest BCUT2D eigenvalue weighted by Crippen LogP contribution is -2.17. The molecule has 2 aromatic heterocycles. The van der Waals surface area contributed by atoms with E-state index in [2.05, 4.69) is 14.8 Å². The average Bonchev–Trinajstić information content (AvgIpc) is 2.89. The summed E-state index contributed by atoms with van der Waals surface area (Å²) in [5.41, 5.74) is 0.465. The molecular weight excluding hydrogens is 315 g/mol. The van der Waals surface area contributed by atoms with Gasteiger partial charge in [0, 0.05) is 11.8 Å². The molecule has 0 saturated heterocycles. The van der Waals surface area contributed by atoms with Gasteiger partial charge in [-0.3, -0.25) is 0 Å². The first-order valence-corrected chi connectivity index (χ1v) is 6.41. The van der Waals surface area contributed by atoms with Crippen molar-refractivity contribution in [2.24, 2.45) is 0 Å². The number of para-hydroxylation sites is 1. The van der Waals surface area contributed by atoms with Crippen LogP contribution in [0.5, 0.6) is 5.75 Å². The van der Waals surface area contributed by atoms with E-state index < -0.39 is 18.4 Å². The molecule has 0 unspecified atom stereocenters. The third-order valence-electron chi connectivity index (χ3n) is 3.06. The Bertz CT molecular complexity index is 846. The Morgan fingerprint density at radius 1 is 1.13 bits per heavy atom. The Morgan fingerprint density at radius 2 is 1.87 bits per heavy atom. The molecule has 23 heavy (non-hydrogen) atoms. The van der Waals surface area contributed by atoms with Crippen LogP contribution in [-0.2, 0) is 0 Å². The highest BCUT2D eigenvalue weighted by atomic mass is 19.4. The molecular formula is C14H10F3N3O3. The Kier molecular flexibility index (Phi) is 3.66. The van der Waals surface area contributed by atoms with Crippen LogP contribution in [-0.4, -0.2) is 31.2 Å². The van der Waals surface area contributed by atoms with Crippen molar-refractivity contribution >= 4 is 5.65 Å². The highest BCUT2D eigenvalue weighted by Crippen LogP contribution is 2.33. The maximum atomic E-state index is 12.5. The number of hydrogen-bond acceptors (Lipinski definition) is 5. The quantitative estimate of drug-likeness (QED) is 0.722. The number of benzene rings is 1. The molecule has 0 aliphatic heterocycles. The van der Waals surface area contributed by atoms with E-state index in [1.807, 2.05) is 0 Å². The van der Waals surface area contributed by atoms with Gasteiger partial charge in [0.15, 0.2) is 11.9 Å². The minimum absolute atomic E-state index is 0.0427. The largest absolute Gasteiger partial charge is 0.573 e. The number of aliphatic hydroxyl groups is 2. The zero-order valence-electron chi connectivity index (χ0n) is 11.4. The maximum absolute atomic E-state index is 12.5. The summed E-state index contributed by atoms with van der Waals surface area (Å²) in [6.45, 7) is 0. The Morgan fingerprint density at radius 3 is 2.57 bits per heavy atom. The molecule has 0 fully saturated rings. The van der Waals surface area contributed by atoms with Crippen molar-refractivity contribution in [2.75, 3.05) is 0 Å². The van der Waals surface area contributed by atoms with Crippen LogP contribution < -0.4 is 4.74 Å². The van der Waals surface area contributed by atoms with E-state index in [-0.39, 0.29) is 22.5 Å². The lowest BCUT2D eigenvalue weighted by Gasteiger charge is -2.13. The Hall–Kier alpha value is -2.65. The Labute approximate surface area is 127 Å². The van der Waals surface area contributed by atoms with Gasteiger partial charge in [-0.15, -0.1) is 13.2 Å². The van der Waals surface area contributed by atoms with Crippen LogP contribution in [0.2, 0.25) is 0 Å². The van der Waals surface area contributed by atoms with Crippen LogP contribution in [0.4, 0.5) is 13.2 Å². The van der Waals surface area contributed by atoms with Crippen LogP contribution in [0.25, 0.3) is 16.9 Å². The smallest absolute Gasteiger partial charge is 0.405 e. The number of halogens is 3. The molecule has 9 heteroatoms. The van der Waals surface area contributed by atoms with Crippen LogP contribution in [0.1, 0.15) is 11.9 Å². The van der Waals surface area contributed by atoms with Crippen molar-refractivity contribution in [3.8, 4) is 17.0 Å². The summed E-state index contributed by atoms with van der Waals surface area (Å²) >= 11 is 0. The fourth-order valence-electron chi connectivity index (χ4n) is 2.11. The van der Waals surface area contributed by atoms with Crippen molar-refractivity contribution in [2.45, 2.75) is 12.7 Å². The van der Waals surface area contributed by atoms with Crippen LogP contribution >= 0.6 is 0 Å². The zero-order chi connectivity index (χ0) is 16.6. The first-order valence-electron chi connectivity index (χ1n) is 6.41. The maximum Gasteiger partial charge on any atom is 0.573 e. The summed E-state index contributed by atoms with van der Waals surface area (Å²) < 4.78 is 42.7. The predicted molar refractivity (Wildman–Crippen MR) is 72.3 cm³/mol. The molecule has 1 aromatic carbocycles. The van der Waals surface area contributed by atoms with E-state index in [0.717, 1.165) is 0 Å². The highest BCUT2D eigenvalue weighted by molar-refractivity contribution is 5.69. The fourth-order valence-corrected chi connectivity index (χ4v) is 2.11. The summed E-state index contributed by atoms with van der Waals surface area (Å²) in [5.74, 6) is -0.400. The van der Waals surface area contributed by atoms with E-state index >= 15 is 0 Å². The minimum atomic E-state index is -4.83. The second-order valence-electron chi connectivity index (χ2n) is 4.60. The van der Waals surface area contributed by atoms with Gasteiger partial charge in [0.2, 0.25) is 0 Å². The summed E-state index contributed by atoms with van der Waals surface area (Å²) in [6.07, 6.45) is -3.96. The van der Waals surface area contributed by atoms with Crippen molar-refractivity contribution in [3.63, 3.8) is 0 Å². The third-order valence-corrected chi connectivity index (χ3v) is 3.06. The monoisotopic (exact) mass is 325 g/mol. The van der Waals surface area contributed by atoms with Crippen molar-refractivity contribution in [1.29, 1.82) is 0 Å². The number of nitrogens with zero attached hydrogens (tertiary/aromatic N) is 3. The predicted octanol–water partition coefficient (Wildman–Crippen LogP) is 2.28. The van der Waals surface area contributed by atoms with Crippen molar-refractivity contribution < 1.29 is 28.1 Å². The number of aliphatic hydroxyl groups excluding tert-OH is 1. The standard InChI is InChI=1S/C14H10F3N3O3/c15-14(16,17)23-11-4-2-1-3-8(11)10-5-6-20-12(19-10)9(7-18-20)13(21)22/h1-7,13,21-22H. The van der Waals surface area contributed by atoms with Crippen molar-refractivity contribution in [3.05, 3.63) is 48.3 Å². The molecule has 0 saturated carbocycles. The summed E-state index contributed by atoms with van der Waals surface area (Å²) in [4.78, 5) is 4.15. The second kappa shape index (κ2) is 5.52. The molecule has 0 aliphatic carbocycles. The second-order valence-corrected chi connectivity index (χ2v) is 4.60. The van der Waals surface area contributed by atoms with Gasteiger partial charge in [-0.2, -0.15) is 5.10 Å². The molecule has 2 heterocycles. The lowest BCUT2D eigenvalue weighted by atomic mass is 10.1. The van der Waals surface area contributed by atoms with Crippen molar-refractivity contribution in [1.82, 2.24) is 14.6 Å². The van der Waals surface area contributed by atoms with Gasteiger partial charge < -0.3 is 14.9 Å². The number of aromatic nitrogens is 3. The zero-order valence-corrected chi connectivity index (χ0v) is 11.4. The first-order chi connectivity index (χ1) is 10.8. The molecule has 0 amide bonds. The van der Waals surface area contributed by atoms with E-state index in [1.54, 1.807) is 6.07 Å². The van der Waals surface area contributed by atoms with Gasteiger partial charge in [0.1, 0.15) is 5.75 Å². The molecule has 6 nitrogen and oxygen atoms in total. The minimum Gasteiger partial charge on any atom is -0.405 e. The summed E-state index contributed by atoms with van der Waals surface area (Å²) in [7, 11) is 0. The number of alkyl halides is 3. The van der Waals surface area contributed by atoms with Crippen LogP contribution in [0.3, 0.4) is 0 Å². The van der Waals surface area contributed by atoms with Gasteiger partial charge in [0.25, 0.3) is 0 Å². The molecule has 0 aliphatic rings. The summed E-state index contributed by atoms with van der Waals surface area (Å²) in [6, 6.07) is 7.00. The highest BCUT2D eigenvalue weighted by Gasteiger charge is 2.32. The van der Waals surface area contributed by atoms with Crippen LogP contribution in [0, 0.1) is 0 Å². The lowest BCUT2D eigenvalue weighted by molar-refractivity contribution is -0.274. The topological polar surface area (TPSA) is 79.9 Å². The average molecular weight is 325 g/mol. The molecule has 0 atom stereocenters. The summed E-state index contributed by atoms with van der Waals surface area (Å²) in [5, 5.41) is 22.4. The Balaban J connectivity index is 2.12. The fraction of sp³-hybridized carbons (Fsp3) is 0.143. The molecule has 0 bridgehead atoms. The number of hydrogen-bond donors (Lipinski definition) is 2. The molecule has 3 aromatic rings. The molecule has 0 spiro atoms. The third kappa shape index (κ3) is 3.10. The normalized spacial score (nSPS) is 12.1.